The van der Waals surface area contributed by atoms with Crippen LogP contribution in [0.1, 0.15) is 23.7 Å². The fraction of sp³-hybridized carbons (Fsp3) is 0.417. The summed E-state index contributed by atoms with van der Waals surface area (Å²) in [6, 6.07) is 5.35. The standard InChI is InChI=1S/C12H19N3O/c1-4-7-14-12(16)9-5-6-11(15(2)3)10(13)8-9/h5-6,8H,4,7,13H2,1-3H3,(H,14,16). The molecule has 0 bridgehead atoms. The summed E-state index contributed by atoms with van der Waals surface area (Å²) in [5.41, 5.74) is 8.02. The summed E-state index contributed by atoms with van der Waals surface area (Å²) in [5, 5.41) is 2.82. The minimum atomic E-state index is -0.0705. The molecular formula is C12H19N3O. The van der Waals surface area contributed by atoms with Crippen LogP contribution in [0.2, 0.25) is 0 Å². The van der Waals surface area contributed by atoms with Gasteiger partial charge in [0.1, 0.15) is 0 Å². The molecule has 0 aromatic heterocycles. The highest BCUT2D eigenvalue weighted by Crippen LogP contribution is 2.22. The second-order valence-corrected chi connectivity index (χ2v) is 3.92. The number of benzene rings is 1. The maximum Gasteiger partial charge on any atom is 0.251 e. The molecule has 0 aliphatic rings. The molecule has 4 heteroatoms. The molecular weight excluding hydrogens is 202 g/mol. The van der Waals surface area contributed by atoms with E-state index in [2.05, 4.69) is 5.32 Å². The summed E-state index contributed by atoms with van der Waals surface area (Å²) in [4.78, 5) is 13.6. The molecule has 16 heavy (non-hydrogen) atoms. The third-order valence-corrected chi connectivity index (χ3v) is 2.31. The van der Waals surface area contributed by atoms with E-state index in [9.17, 15) is 4.79 Å². The first kappa shape index (κ1) is 12.4. The molecule has 0 aliphatic carbocycles. The molecule has 88 valence electrons. The average Bonchev–Trinajstić information content (AvgIpc) is 2.25. The van der Waals surface area contributed by atoms with Crippen LogP contribution in [-0.4, -0.2) is 26.5 Å². The van der Waals surface area contributed by atoms with Gasteiger partial charge in [0, 0.05) is 26.2 Å². The Bertz CT molecular complexity index is 375. The van der Waals surface area contributed by atoms with Crippen molar-refractivity contribution in [1.82, 2.24) is 5.32 Å². The van der Waals surface area contributed by atoms with Crippen molar-refractivity contribution >= 4 is 17.3 Å². The number of nitrogens with two attached hydrogens (primary N) is 1. The zero-order valence-corrected chi connectivity index (χ0v) is 10.1. The smallest absolute Gasteiger partial charge is 0.251 e. The number of carbonyl (C=O) groups is 1. The molecule has 4 nitrogen and oxygen atoms in total. The van der Waals surface area contributed by atoms with Gasteiger partial charge in [0.2, 0.25) is 0 Å². The van der Waals surface area contributed by atoms with Crippen LogP contribution < -0.4 is 16.0 Å². The Balaban J connectivity index is 2.84. The lowest BCUT2D eigenvalue weighted by atomic mass is 10.1. The number of rotatable bonds is 4. The first-order chi connectivity index (χ1) is 7.56. The largest absolute Gasteiger partial charge is 0.397 e. The topological polar surface area (TPSA) is 58.4 Å². The number of nitrogen functional groups attached to an aromatic ring is 1. The lowest BCUT2D eigenvalue weighted by molar-refractivity contribution is 0.0953. The van der Waals surface area contributed by atoms with Crippen LogP contribution in [0.15, 0.2) is 18.2 Å². The van der Waals surface area contributed by atoms with Crippen molar-refractivity contribution in [2.75, 3.05) is 31.3 Å². The van der Waals surface area contributed by atoms with Gasteiger partial charge in [0.25, 0.3) is 5.91 Å². The minimum Gasteiger partial charge on any atom is -0.397 e. The number of nitrogens with one attached hydrogen (secondary N) is 1. The second-order valence-electron chi connectivity index (χ2n) is 3.92. The molecule has 1 amide bonds. The fourth-order valence-electron chi connectivity index (χ4n) is 1.44. The molecule has 0 heterocycles. The van der Waals surface area contributed by atoms with Gasteiger partial charge >= 0.3 is 0 Å². The first-order valence-electron chi connectivity index (χ1n) is 5.41. The van der Waals surface area contributed by atoms with E-state index < -0.39 is 0 Å². The van der Waals surface area contributed by atoms with Gasteiger partial charge in [-0.05, 0) is 24.6 Å². The summed E-state index contributed by atoms with van der Waals surface area (Å²) < 4.78 is 0. The summed E-state index contributed by atoms with van der Waals surface area (Å²) in [6.07, 6.45) is 0.928. The molecule has 1 rings (SSSR count). The van der Waals surface area contributed by atoms with Crippen molar-refractivity contribution in [2.45, 2.75) is 13.3 Å². The van der Waals surface area contributed by atoms with Gasteiger partial charge in [-0.15, -0.1) is 0 Å². The highest BCUT2D eigenvalue weighted by atomic mass is 16.1. The van der Waals surface area contributed by atoms with E-state index in [-0.39, 0.29) is 5.91 Å². The highest BCUT2D eigenvalue weighted by molar-refractivity contribution is 5.96. The Morgan fingerprint density at radius 3 is 2.62 bits per heavy atom. The zero-order valence-electron chi connectivity index (χ0n) is 10.1. The zero-order chi connectivity index (χ0) is 12.1. The molecule has 0 unspecified atom stereocenters. The van der Waals surface area contributed by atoms with Crippen LogP contribution in [-0.2, 0) is 0 Å². The average molecular weight is 221 g/mol. The quantitative estimate of drug-likeness (QED) is 0.757. The molecule has 0 aliphatic heterocycles. The molecule has 3 N–H and O–H groups in total. The molecule has 0 saturated carbocycles. The minimum absolute atomic E-state index is 0.0705. The maximum absolute atomic E-state index is 11.7. The summed E-state index contributed by atoms with van der Waals surface area (Å²) in [5.74, 6) is -0.0705. The van der Waals surface area contributed by atoms with E-state index in [4.69, 9.17) is 5.73 Å². The second kappa shape index (κ2) is 5.39. The number of carbonyl (C=O) groups excluding carboxylic acids is 1. The fourth-order valence-corrected chi connectivity index (χ4v) is 1.44. The third-order valence-electron chi connectivity index (χ3n) is 2.31. The molecule has 1 aromatic rings. The van der Waals surface area contributed by atoms with E-state index in [1.54, 1.807) is 12.1 Å². The molecule has 0 atom stereocenters. The van der Waals surface area contributed by atoms with Gasteiger partial charge in [-0.2, -0.15) is 0 Å². The Morgan fingerprint density at radius 2 is 2.12 bits per heavy atom. The Labute approximate surface area is 96.4 Å². The lowest BCUT2D eigenvalue weighted by Crippen LogP contribution is -2.24. The SMILES string of the molecule is CCCNC(=O)c1ccc(N(C)C)c(N)c1. The molecule has 0 radical (unpaired) electrons. The van der Waals surface area contributed by atoms with Gasteiger partial charge in [-0.1, -0.05) is 6.92 Å². The number of nitrogens with zero attached hydrogens (tertiary/aromatic N) is 1. The van der Waals surface area contributed by atoms with Crippen molar-refractivity contribution in [3.63, 3.8) is 0 Å². The number of hydrogen-bond acceptors (Lipinski definition) is 3. The Hall–Kier alpha value is -1.71. The van der Waals surface area contributed by atoms with Crippen molar-refractivity contribution in [2.24, 2.45) is 0 Å². The van der Waals surface area contributed by atoms with E-state index in [0.717, 1.165) is 12.1 Å². The lowest BCUT2D eigenvalue weighted by Gasteiger charge is -2.15. The normalized spacial score (nSPS) is 9.94. The highest BCUT2D eigenvalue weighted by Gasteiger charge is 2.08. The van der Waals surface area contributed by atoms with Crippen molar-refractivity contribution in [1.29, 1.82) is 0 Å². The van der Waals surface area contributed by atoms with E-state index in [1.807, 2.05) is 32.0 Å². The first-order valence-corrected chi connectivity index (χ1v) is 5.41. The molecule has 0 fully saturated rings. The van der Waals surface area contributed by atoms with Crippen LogP contribution in [0.3, 0.4) is 0 Å². The summed E-state index contributed by atoms with van der Waals surface area (Å²) in [6.45, 7) is 2.71. The van der Waals surface area contributed by atoms with Crippen LogP contribution in [0.25, 0.3) is 0 Å². The Kier molecular flexibility index (Phi) is 4.17. The summed E-state index contributed by atoms with van der Waals surface area (Å²) in [7, 11) is 3.84. The van der Waals surface area contributed by atoms with E-state index in [1.165, 1.54) is 0 Å². The van der Waals surface area contributed by atoms with Crippen LogP contribution in [0.4, 0.5) is 11.4 Å². The van der Waals surface area contributed by atoms with Gasteiger partial charge in [-0.3, -0.25) is 4.79 Å². The van der Waals surface area contributed by atoms with Crippen molar-refractivity contribution < 1.29 is 4.79 Å². The Morgan fingerprint density at radius 1 is 1.44 bits per heavy atom. The van der Waals surface area contributed by atoms with Gasteiger partial charge in [0.05, 0.1) is 11.4 Å². The van der Waals surface area contributed by atoms with Crippen molar-refractivity contribution in [3.8, 4) is 0 Å². The van der Waals surface area contributed by atoms with E-state index in [0.29, 0.717) is 17.8 Å². The predicted molar refractivity (Wildman–Crippen MR) is 67.8 cm³/mol. The number of amides is 1. The molecule has 0 saturated heterocycles. The summed E-state index contributed by atoms with van der Waals surface area (Å²) >= 11 is 0. The molecule has 0 spiro atoms. The van der Waals surface area contributed by atoms with Crippen LogP contribution >= 0.6 is 0 Å². The van der Waals surface area contributed by atoms with Crippen molar-refractivity contribution in [3.05, 3.63) is 23.8 Å². The van der Waals surface area contributed by atoms with Gasteiger partial charge in [0.15, 0.2) is 0 Å². The molecule has 1 aromatic carbocycles. The third kappa shape index (κ3) is 2.89. The van der Waals surface area contributed by atoms with Crippen LogP contribution in [0, 0.1) is 0 Å². The monoisotopic (exact) mass is 221 g/mol. The van der Waals surface area contributed by atoms with Crippen LogP contribution in [0.5, 0.6) is 0 Å². The van der Waals surface area contributed by atoms with Gasteiger partial charge in [-0.25, -0.2) is 0 Å². The number of hydrogen-bond donors (Lipinski definition) is 2. The van der Waals surface area contributed by atoms with E-state index >= 15 is 0 Å². The predicted octanol–water partition coefficient (Wildman–Crippen LogP) is 1.47. The maximum atomic E-state index is 11.7. The number of anilines is 2. The van der Waals surface area contributed by atoms with Gasteiger partial charge < -0.3 is 16.0 Å².